The number of fused-ring (bicyclic) bond motifs is 1. The second kappa shape index (κ2) is 6.06. The maximum Gasteiger partial charge on any atom is 0.111 e. The smallest absolute Gasteiger partial charge is 0.111 e. The van der Waals surface area contributed by atoms with Gasteiger partial charge < -0.3 is 0 Å². The van der Waals surface area contributed by atoms with Crippen molar-refractivity contribution in [3.8, 4) is 0 Å². The van der Waals surface area contributed by atoms with Crippen molar-refractivity contribution in [2.75, 3.05) is 6.54 Å². The standard InChI is InChI=1S/C22H22N6/c1-13-22-21(9-16(10-23-22)20-11-24-27-25-20)28(26-13)12-19-17(14-5-6-14)3-2-4-18(19)15-7-8-15/h2-4,9-10,14-15H,5-8,11-12H2,1H3. The highest BCUT2D eigenvalue weighted by Crippen LogP contribution is 2.47. The third-order valence-electron chi connectivity index (χ3n) is 6.13. The Morgan fingerprint density at radius 1 is 1.07 bits per heavy atom. The van der Waals surface area contributed by atoms with Crippen molar-refractivity contribution in [2.45, 2.75) is 51.0 Å². The lowest BCUT2D eigenvalue weighted by molar-refractivity contribution is 0.690. The Hall–Kier alpha value is -2.89. The first kappa shape index (κ1) is 16.1. The largest absolute Gasteiger partial charge is 0.258 e. The molecule has 2 aliphatic carbocycles. The summed E-state index contributed by atoms with van der Waals surface area (Å²) in [6.45, 7) is 3.38. The first-order valence-corrected chi connectivity index (χ1v) is 10.2. The van der Waals surface area contributed by atoms with Crippen LogP contribution in [0.1, 0.15) is 65.5 Å². The summed E-state index contributed by atoms with van der Waals surface area (Å²) in [6.07, 6.45) is 7.14. The number of rotatable bonds is 5. The Balaban J connectivity index is 1.46. The van der Waals surface area contributed by atoms with Gasteiger partial charge >= 0.3 is 0 Å². The molecule has 2 fully saturated rings. The highest BCUT2D eigenvalue weighted by Gasteiger charge is 2.32. The van der Waals surface area contributed by atoms with Gasteiger partial charge in [0.25, 0.3) is 0 Å². The lowest BCUT2D eigenvalue weighted by Gasteiger charge is -2.15. The predicted octanol–water partition coefficient (Wildman–Crippen LogP) is 4.71. The fourth-order valence-electron chi connectivity index (χ4n) is 4.36. The van der Waals surface area contributed by atoms with Gasteiger partial charge in [-0.25, -0.2) is 0 Å². The maximum absolute atomic E-state index is 4.86. The van der Waals surface area contributed by atoms with E-state index in [1.807, 2.05) is 13.1 Å². The molecule has 6 nitrogen and oxygen atoms in total. The topological polar surface area (TPSA) is 67.8 Å². The number of pyridine rings is 1. The molecule has 0 bridgehead atoms. The molecule has 0 spiro atoms. The van der Waals surface area contributed by atoms with Gasteiger partial charge in [0, 0.05) is 11.8 Å². The summed E-state index contributed by atoms with van der Waals surface area (Å²) in [7, 11) is 0. The average Bonchev–Trinajstić information content (AvgIpc) is 3.64. The molecule has 28 heavy (non-hydrogen) atoms. The van der Waals surface area contributed by atoms with Crippen molar-refractivity contribution in [1.82, 2.24) is 14.8 Å². The van der Waals surface area contributed by atoms with Crippen LogP contribution in [0.3, 0.4) is 0 Å². The molecule has 2 aromatic heterocycles. The first-order chi connectivity index (χ1) is 13.8. The second-order valence-corrected chi connectivity index (χ2v) is 8.23. The molecule has 0 atom stereocenters. The molecule has 140 valence electrons. The van der Waals surface area contributed by atoms with Gasteiger partial charge in [0.2, 0.25) is 0 Å². The van der Waals surface area contributed by atoms with Crippen molar-refractivity contribution in [3.05, 3.63) is 58.4 Å². The minimum Gasteiger partial charge on any atom is -0.258 e. The number of benzene rings is 1. The lowest BCUT2D eigenvalue weighted by Crippen LogP contribution is -2.08. The summed E-state index contributed by atoms with van der Waals surface area (Å²) >= 11 is 0. The molecule has 3 aromatic rings. The Bertz CT molecular complexity index is 1120. The zero-order valence-corrected chi connectivity index (χ0v) is 16.0. The molecule has 6 rings (SSSR count). The third-order valence-corrected chi connectivity index (χ3v) is 6.13. The summed E-state index contributed by atoms with van der Waals surface area (Å²) < 4.78 is 2.14. The zero-order chi connectivity index (χ0) is 18.7. The summed E-state index contributed by atoms with van der Waals surface area (Å²) in [5.41, 5.74) is 9.42. The number of nitrogens with zero attached hydrogens (tertiary/aromatic N) is 6. The van der Waals surface area contributed by atoms with Crippen molar-refractivity contribution < 1.29 is 0 Å². The normalized spacial score (nSPS) is 18.8. The van der Waals surface area contributed by atoms with Gasteiger partial charge in [-0.1, -0.05) is 18.2 Å². The van der Waals surface area contributed by atoms with E-state index in [1.54, 1.807) is 0 Å². The van der Waals surface area contributed by atoms with Crippen LogP contribution in [0.5, 0.6) is 0 Å². The fourth-order valence-corrected chi connectivity index (χ4v) is 4.36. The van der Waals surface area contributed by atoms with E-state index in [1.165, 1.54) is 42.4 Å². The van der Waals surface area contributed by atoms with E-state index in [-0.39, 0.29) is 0 Å². The molecule has 0 saturated heterocycles. The molecule has 0 unspecified atom stereocenters. The number of hydrogen-bond donors (Lipinski definition) is 0. The summed E-state index contributed by atoms with van der Waals surface area (Å²) in [4.78, 5) is 4.68. The fraction of sp³-hybridized carbons (Fsp3) is 0.409. The lowest BCUT2D eigenvalue weighted by atomic mass is 9.95. The molecule has 1 aromatic carbocycles. The zero-order valence-electron chi connectivity index (χ0n) is 16.0. The van der Waals surface area contributed by atoms with Gasteiger partial charge in [0.15, 0.2) is 0 Å². The Labute approximate surface area is 163 Å². The predicted molar refractivity (Wildman–Crippen MR) is 108 cm³/mol. The van der Waals surface area contributed by atoms with Crippen LogP contribution < -0.4 is 0 Å². The SMILES string of the molecule is Cc1nn(Cc2c(C3CC3)cccc2C2CC2)c2cc(C3=NN=NC3)cnc12. The molecule has 0 N–H and O–H groups in total. The first-order valence-electron chi connectivity index (χ1n) is 10.2. The van der Waals surface area contributed by atoms with Gasteiger partial charge in [0.05, 0.1) is 23.5 Å². The highest BCUT2D eigenvalue weighted by molar-refractivity contribution is 6.04. The van der Waals surface area contributed by atoms with Gasteiger partial charge in [-0.15, -0.1) is 5.10 Å². The number of hydrogen-bond acceptors (Lipinski definition) is 5. The summed E-state index contributed by atoms with van der Waals surface area (Å²) in [5, 5.41) is 16.7. The van der Waals surface area contributed by atoms with Crippen LogP contribution in [0.25, 0.3) is 11.0 Å². The van der Waals surface area contributed by atoms with E-state index in [0.29, 0.717) is 6.54 Å². The Morgan fingerprint density at radius 3 is 2.46 bits per heavy atom. The van der Waals surface area contributed by atoms with Crippen LogP contribution in [0, 0.1) is 6.92 Å². The van der Waals surface area contributed by atoms with Crippen molar-refractivity contribution in [1.29, 1.82) is 0 Å². The molecule has 6 heteroatoms. The molecule has 2 saturated carbocycles. The highest BCUT2D eigenvalue weighted by atomic mass is 15.4. The minimum atomic E-state index is 0.524. The van der Waals surface area contributed by atoms with Crippen LogP contribution in [0.4, 0.5) is 0 Å². The van der Waals surface area contributed by atoms with Crippen LogP contribution in [-0.2, 0) is 6.54 Å². The second-order valence-electron chi connectivity index (χ2n) is 8.23. The molecule has 0 radical (unpaired) electrons. The van der Waals surface area contributed by atoms with E-state index < -0.39 is 0 Å². The summed E-state index contributed by atoms with van der Waals surface area (Å²) in [6, 6.07) is 9.06. The van der Waals surface area contributed by atoms with Gasteiger partial charge in [-0.2, -0.15) is 10.2 Å². The molecule has 3 heterocycles. The van der Waals surface area contributed by atoms with Gasteiger partial charge in [-0.05, 0) is 72.4 Å². The molecular weight excluding hydrogens is 348 g/mol. The molecule has 3 aliphatic rings. The Morgan fingerprint density at radius 2 is 1.82 bits per heavy atom. The van der Waals surface area contributed by atoms with Crippen molar-refractivity contribution in [2.24, 2.45) is 15.4 Å². The van der Waals surface area contributed by atoms with E-state index in [4.69, 9.17) is 5.10 Å². The minimum absolute atomic E-state index is 0.524. The Kier molecular flexibility index (Phi) is 3.48. The van der Waals surface area contributed by atoms with Gasteiger partial charge in [0.1, 0.15) is 12.1 Å². The molecule has 1 aliphatic heterocycles. The van der Waals surface area contributed by atoms with Crippen LogP contribution in [0.2, 0.25) is 0 Å². The van der Waals surface area contributed by atoms with Crippen molar-refractivity contribution >= 4 is 16.7 Å². The van der Waals surface area contributed by atoms with Gasteiger partial charge in [-0.3, -0.25) is 9.67 Å². The maximum atomic E-state index is 4.86. The summed E-state index contributed by atoms with van der Waals surface area (Å²) in [5.74, 6) is 1.47. The molecule has 0 amide bonds. The molecular formula is C22H22N6. The number of aromatic nitrogens is 3. The van der Waals surface area contributed by atoms with E-state index in [0.717, 1.165) is 46.4 Å². The number of aryl methyl sites for hydroxylation is 1. The van der Waals surface area contributed by atoms with Crippen LogP contribution in [-0.4, -0.2) is 27.0 Å². The third kappa shape index (κ3) is 2.66. The van der Waals surface area contributed by atoms with Crippen LogP contribution >= 0.6 is 0 Å². The van der Waals surface area contributed by atoms with Crippen molar-refractivity contribution in [3.63, 3.8) is 0 Å². The van der Waals surface area contributed by atoms with Crippen LogP contribution in [0.15, 0.2) is 45.9 Å². The quantitative estimate of drug-likeness (QED) is 0.652. The van der Waals surface area contributed by atoms with E-state index >= 15 is 0 Å². The monoisotopic (exact) mass is 370 g/mol. The van der Waals surface area contributed by atoms with E-state index in [2.05, 4.69) is 49.4 Å². The van der Waals surface area contributed by atoms with E-state index in [9.17, 15) is 0 Å². The average molecular weight is 370 g/mol.